The first-order chi connectivity index (χ1) is 17.1. The van der Waals surface area contributed by atoms with E-state index in [-0.39, 0.29) is 35.5 Å². The van der Waals surface area contributed by atoms with E-state index in [1.54, 1.807) is 17.0 Å². The SMILES string of the molecule is Cc1ccc(C(=O)N(CCCN)C(c2nc(C(=O)O)c(C)c(=O)n2Cc2ccccc2)C(C)C)cc1. The topological polar surface area (TPSA) is 119 Å². The van der Waals surface area contributed by atoms with Crippen molar-refractivity contribution in [3.05, 3.63) is 98.7 Å². The number of nitrogens with zero attached hydrogens (tertiary/aromatic N) is 3. The monoisotopic (exact) mass is 490 g/mol. The van der Waals surface area contributed by atoms with E-state index < -0.39 is 17.6 Å². The van der Waals surface area contributed by atoms with Crippen molar-refractivity contribution in [1.82, 2.24) is 14.5 Å². The van der Waals surface area contributed by atoms with E-state index in [0.29, 0.717) is 25.1 Å². The number of amides is 1. The first kappa shape index (κ1) is 26.8. The molecule has 1 atom stereocenters. The average Bonchev–Trinajstić information content (AvgIpc) is 2.85. The number of nitrogens with two attached hydrogens (primary N) is 1. The lowest BCUT2D eigenvalue weighted by atomic mass is 9.98. The number of aromatic carboxylic acids is 1. The second-order valence-corrected chi connectivity index (χ2v) is 9.32. The van der Waals surface area contributed by atoms with Gasteiger partial charge in [0.05, 0.1) is 12.6 Å². The number of aryl methyl sites for hydroxylation is 1. The summed E-state index contributed by atoms with van der Waals surface area (Å²) in [5.74, 6) is -1.42. The number of aromatic nitrogens is 2. The van der Waals surface area contributed by atoms with Crippen LogP contribution in [0.5, 0.6) is 0 Å². The minimum Gasteiger partial charge on any atom is -0.476 e. The summed E-state index contributed by atoms with van der Waals surface area (Å²) >= 11 is 0. The van der Waals surface area contributed by atoms with Gasteiger partial charge in [-0.3, -0.25) is 14.2 Å². The maximum absolute atomic E-state index is 13.8. The lowest BCUT2D eigenvalue weighted by Gasteiger charge is -2.35. The van der Waals surface area contributed by atoms with Gasteiger partial charge in [-0.1, -0.05) is 61.9 Å². The van der Waals surface area contributed by atoms with Crippen LogP contribution in [0.1, 0.15) is 69.7 Å². The molecule has 0 aliphatic carbocycles. The molecule has 0 bridgehead atoms. The summed E-state index contributed by atoms with van der Waals surface area (Å²) in [5, 5.41) is 9.80. The van der Waals surface area contributed by atoms with Gasteiger partial charge in [0.15, 0.2) is 5.69 Å². The fourth-order valence-corrected chi connectivity index (χ4v) is 4.31. The molecule has 8 nitrogen and oxygen atoms in total. The second kappa shape index (κ2) is 11.8. The molecule has 1 aromatic heterocycles. The van der Waals surface area contributed by atoms with Gasteiger partial charge < -0.3 is 15.7 Å². The molecule has 3 rings (SSSR count). The largest absolute Gasteiger partial charge is 0.476 e. The van der Waals surface area contributed by atoms with E-state index in [1.807, 2.05) is 63.2 Å². The molecule has 0 saturated carbocycles. The highest BCUT2D eigenvalue weighted by atomic mass is 16.4. The zero-order valence-corrected chi connectivity index (χ0v) is 21.3. The summed E-state index contributed by atoms with van der Waals surface area (Å²) in [6.07, 6.45) is 0.543. The lowest BCUT2D eigenvalue weighted by molar-refractivity contribution is 0.0600. The van der Waals surface area contributed by atoms with Crippen molar-refractivity contribution in [2.75, 3.05) is 13.1 Å². The predicted octanol–water partition coefficient (Wildman–Crippen LogP) is 3.79. The Bertz CT molecular complexity index is 1270. The number of rotatable bonds is 10. The van der Waals surface area contributed by atoms with Gasteiger partial charge in [-0.2, -0.15) is 0 Å². The Hall–Kier alpha value is -3.78. The van der Waals surface area contributed by atoms with Crippen LogP contribution in [0.4, 0.5) is 0 Å². The third-order valence-corrected chi connectivity index (χ3v) is 6.20. The van der Waals surface area contributed by atoms with E-state index >= 15 is 0 Å². The molecule has 0 aliphatic heterocycles. The van der Waals surface area contributed by atoms with Crippen LogP contribution < -0.4 is 11.3 Å². The summed E-state index contributed by atoms with van der Waals surface area (Å²) in [4.78, 5) is 45.5. The molecular formula is C28H34N4O4. The Morgan fingerprint density at radius 2 is 1.69 bits per heavy atom. The summed E-state index contributed by atoms with van der Waals surface area (Å²) in [6.45, 7) is 8.20. The number of carbonyl (C=O) groups excluding carboxylic acids is 1. The van der Waals surface area contributed by atoms with Crippen LogP contribution in [0, 0.1) is 19.8 Å². The smallest absolute Gasteiger partial charge is 0.355 e. The standard InChI is InChI=1S/C28H34N4O4/c1-18(2)24(31(16-8-15-29)27(34)22-13-11-19(3)12-14-22)25-30-23(28(35)36)20(4)26(33)32(25)17-21-9-6-5-7-10-21/h5-7,9-14,18,24H,8,15-17,29H2,1-4H3,(H,35,36). The predicted molar refractivity (Wildman–Crippen MR) is 139 cm³/mol. The van der Waals surface area contributed by atoms with Crippen LogP contribution in [-0.4, -0.2) is 44.5 Å². The summed E-state index contributed by atoms with van der Waals surface area (Å²) in [5.41, 5.74) is 7.53. The summed E-state index contributed by atoms with van der Waals surface area (Å²) in [7, 11) is 0. The quantitative estimate of drug-likeness (QED) is 0.446. The fraction of sp³-hybridized carbons (Fsp3) is 0.357. The summed E-state index contributed by atoms with van der Waals surface area (Å²) < 4.78 is 1.50. The number of carboxylic acids is 1. The third-order valence-electron chi connectivity index (χ3n) is 6.20. The molecule has 3 aromatic rings. The normalized spacial score (nSPS) is 11.9. The molecule has 0 aliphatic rings. The fourth-order valence-electron chi connectivity index (χ4n) is 4.31. The number of carboxylic acid groups (broad SMARTS) is 1. The molecule has 8 heteroatoms. The Morgan fingerprint density at radius 1 is 1.06 bits per heavy atom. The van der Waals surface area contributed by atoms with Crippen molar-refractivity contribution in [2.45, 2.75) is 46.7 Å². The molecule has 2 aromatic carbocycles. The van der Waals surface area contributed by atoms with E-state index in [2.05, 4.69) is 4.98 Å². The Balaban J connectivity index is 2.24. The van der Waals surface area contributed by atoms with Gasteiger partial charge in [0.1, 0.15) is 5.82 Å². The van der Waals surface area contributed by atoms with Crippen LogP contribution >= 0.6 is 0 Å². The minimum absolute atomic E-state index is 0.0584. The Labute approximate surface area is 211 Å². The molecule has 36 heavy (non-hydrogen) atoms. The highest BCUT2D eigenvalue weighted by molar-refractivity contribution is 5.94. The molecule has 1 amide bonds. The number of benzene rings is 2. The molecule has 0 fully saturated rings. The van der Waals surface area contributed by atoms with Crippen molar-refractivity contribution in [3.8, 4) is 0 Å². The van der Waals surface area contributed by atoms with Crippen molar-refractivity contribution in [3.63, 3.8) is 0 Å². The van der Waals surface area contributed by atoms with Crippen molar-refractivity contribution < 1.29 is 14.7 Å². The van der Waals surface area contributed by atoms with Gasteiger partial charge >= 0.3 is 5.97 Å². The molecule has 0 saturated heterocycles. The van der Waals surface area contributed by atoms with Crippen LogP contribution in [0.3, 0.4) is 0 Å². The highest BCUT2D eigenvalue weighted by Gasteiger charge is 2.33. The van der Waals surface area contributed by atoms with Gasteiger partial charge in [-0.15, -0.1) is 0 Å². The minimum atomic E-state index is -1.28. The van der Waals surface area contributed by atoms with E-state index in [0.717, 1.165) is 11.1 Å². The summed E-state index contributed by atoms with van der Waals surface area (Å²) in [6, 6.07) is 16.1. The average molecular weight is 491 g/mol. The number of hydrogen-bond donors (Lipinski definition) is 2. The van der Waals surface area contributed by atoms with Gasteiger partial charge in [0.25, 0.3) is 11.5 Å². The van der Waals surface area contributed by atoms with Gasteiger partial charge in [0, 0.05) is 17.7 Å². The zero-order chi connectivity index (χ0) is 26.4. The number of hydrogen-bond acceptors (Lipinski definition) is 5. The van der Waals surface area contributed by atoms with Crippen molar-refractivity contribution in [2.24, 2.45) is 11.7 Å². The van der Waals surface area contributed by atoms with Gasteiger partial charge in [-0.25, -0.2) is 9.78 Å². The van der Waals surface area contributed by atoms with Crippen LogP contribution in [0.15, 0.2) is 59.4 Å². The van der Waals surface area contributed by atoms with E-state index in [1.165, 1.54) is 11.5 Å². The van der Waals surface area contributed by atoms with Crippen LogP contribution in [0.25, 0.3) is 0 Å². The van der Waals surface area contributed by atoms with Crippen LogP contribution in [-0.2, 0) is 6.54 Å². The van der Waals surface area contributed by atoms with Crippen molar-refractivity contribution in [1.29, 1.82) is 0 Å². The third kappa shape index (κ3) is 5.88. The molecule has 1 heterocycles. The lowest BCUT2D eigenvalue weighted by Crippen LogP contribution is -2.43. The number of carbonyl (C=O) groups is 2. The molecule has 0 radical (unpaired) electrons. The highest BCUT2D eigenvalue weighted by Crippen LogP contribution is 2.30. The van der Waals surface area contributed by atoms with Crippen molar-refractivity contribution >= 4 is 11.9 Å². The molecular weight excluding hydrogens is 456 g/mol. The first-order valence-electron chi connectivity index (χ1n) is 12.1. The Morgan fingerprint density at radius 3 is 2.25 bits per heavy atom. The van der Waals surface area contributed by atoms with E-state index in [4.69, 9.17) is 5.73 Å². The first-order valence-corrected chi connectivity index (χ1v) is 12.1. The molecule has 190 valence electrons. The Kier molecular flexibility index (Phi) is 8.77. The molecule has 1 unspecified atom stereocenters. The zero-order valence-electron chi connectivity index (χ0n) is 21.3. The van der Waals surface area contributed by atoms with Gasteiger partial charge in [0.2, 0.25) is 0 Å². The molecule has 0 spiro atoms. The van der Waals surface area contributed by atoms with Gasteiger partial charge in [-0.05, 0) is 50.4 Å². The maximum atomic E-state index is 13.8. The van der Waals surface area contributed by atoms with E-state index in [9.17, 15) is 19.5 Å². The molecule has 3 N–H and O–H groups in total. The second-order valence-electron chi connectivity index (χ2n) is 9.32. The van der Waals surface area contributed by atoms with Crippen LogP contribution in [0.2, 0.25) is 0 Å². The maximum Gasteiger partial charge on any atom is 0.355 e.